The molecule has 0 spiro atoms. The zero-order valence-electron chi connectivity index (χ0n) is 16.7. The summed E-state index contributed by atoms with van der Waals surface area (Å²) in [4.78, 5) is 28.2. The molecular weight excluding hydrogens is 443 g/mol. The Morgan fingerprint density at radius 1 is 0.750 bits per heavy atom. The predicted octanol–water partition coefficient (Wildman–Crippen LogP) is 6.50. The summed E-state index contributed by atoms with van der Waals surface area (Å²) in [6.07, 6.45) is 3.54. The summed E-state index contributed by atoms with van der Waals surface area (Å²) in [5, 5.41) is 1.17. The molecule has 5 rings (SSSR count). The molecule has 156 valence electrons. The van der Waals surface area contributed by atoms with Crippen molar-refractivity contribution >= 4 is 34.5 Å². The van der Waals surface area contributed by atoms with Crippen LogP contribution in [0.2, 0.25) is 10.0 Å². The third-order valence-corrected chi connectivity index (χ3v) is 5.87. The summed E-state index contributed by atoms with van der Waals surface area (Å²) in [6, 6.07) is 23.2. The minimum absolute atomic E-state index is 0.136. The molecular formula is C26H16Cl2N2O2. The molecule has 6 heteroatoms. The quantitative estimate of drug-likeness (QED) is 0.312. The van der Waals surface area contributed by atoms with Gasteiger partial charge >= 0.3 is 0 Å². The Hall–Kier alpha value is -3.60. The number of hydrogen-bond acceptors (Lipinski definition) is 2. The molecule has 0 amide bonds. The van der Waals surface area contributed by atoms with E-state index in [2.05, 4.69) is 4.98 Å². The molecule has 0 saturated carbocycles. The normalized spacial score (nSPS) is 11.1. The molecule has 0 aliphatic carbocycles. The fraction of sp³-hybridized carbons (Fsp3) is 0. The molecule has 0 unspecified atom stereocenters. The summed E-state index contributed by atoms with van der Waals surface area (Å²) in [5.41, 5.74) is 4.96. The van der Waals surface area contributed by atoms with Crippen LogP contribution >= 0.6 is 23.2 Å². The lowest BCUT2D eigenvalue weighted by Gasteiger charge is -2.09. The smallest absolute Gasteiger partial charge is 0.247 e. The fourth-order valence-corrected chi connectivity index (χ4v) is 4.18. The topological polar surface area (TPSA) is 54.3 Å². The number of hydrogen-bond donors (Lipinski definition) is 1. The van der Waals surface area contributed by atoms with Gasteiger partial charge in [0, 0.05) is 50.8 Å². The van der Waals surface area contributed by atoms with E-state index in [0.717, 1.165) is 27.8 Å². The molecule has 1 N–H and O–H groups in total. The number of carbonyl (C=O) groups is 1. The average molecular weight is 459 g/mol. The molecule has 4 nitrogen and oxygen atoms in total. The lowest BCUT2D eigenvalue weighted by atomic mass is 9.94. The Kier molecular flexibility index (Phi) is 5.17. The second kappa shape index (κ2) is 8.15. The fourth-order valence-electron chi connectivity index (χ4n) is 3.93. The van der Waals surface area contributed by atoms with Crippen LogP contribution in [-0.2, 0) is 0 Å². The SMILES string of the molecule is O=C(c1ccc(Cl)cc1)c1c(-c2ccc(Cl)cc2)c(-c2ccc(=O)[nH]c2)c2ccccn12. The Morgan fingerprint density at radius 2 is 1.41 bits per heavy atom. The van der Waals surface area contributed by atoms with Gasteiger partial charge in [0.25, 0.3) is 0 Å². The number of benzene rings is 2. The number of halogens is 2. The number of ketones is 1. The van der Waals surface area contributed by atoms with Crippen LogP contribution < -0.4 is 5.56 Å². The van der Waals surface area contributed by atoms with Crippen molar-refractivity contribution in [3.05, 3.63) is 123 Å². The van der Waals surface area contributed by atoms with Crippen molar-refractivity contribution in [1.82, 2.24) is 9.38 Å². The van der Waals surface area contributed by atoms with Crippen LogP contribution in [0.4, 0.5) is 0 Å². The maximum absolute atomic E-state index is 13.8. The minimum Gasteiger partial charge on any atom is -0.328 e. The molecule has 0 radical (unpaired) electrons. The Balaban J connectivity index is 1.88. The molecule has 0 bridgehead atoms. The van der Waals surface area contributed by atoms with Crippen molar-refractivity contribution < 1.29 is 4.79 Å². The number of rotatable bonds is 4. The zero-order valence-corrected chi connectivity index (χ0v) is 18.2. The summed E-state index contributed by atoms with van der Waals surface area (Å²) in [7, 11) is 0. The van der Waals surface area contributed by atoms with Crippen molar-refractivity contribution in [3.63, 3.8) is 0 Å². The lowest BCUT2D eigenvalue weighted by Crippen LogP contribution is -2.06. The number of nitrogens with zero attached hydrogens (tertiary/aromatic N) is 1. The van der Waals surface area contributed by atoms with E-state index in [1.165, 1.54) is 6.07 Å². The van der Waals surface area contributed by atoms with Crippen molar-refractivity contribution in [2.24, 2.45) is 0 Å². The second-order valence-corrected chi connectivity index (χ2v) is 8.21. The summed E-state index contributed by atoms with van der Waals surface area (Å²) in [5.74, 6) is -0.136. The van der Waals surface area contributed by atoms with Gasteiger partial charge in [-0.05, 0) is 60.2 Å². The molecule has 0 saturated heterocycles. The van der Waals surface area contributed by atoms with E-state index in [0.29, 0.717) is 21.3 Å². The Bertz CT molecular complexity index is 1490. The standard InChI is InChI=1S/C26H16Cl2N2O2/c27-19-9-4-16(5-10-19)24-23(18-8-13-22(31)29-15-18)21-3-1-2-14-30(21)25(24)26(32)17-6-11-20(28)12-7-17/h1-15H,(H,29,31). The van der Waals surface area contributed by atoms with Crippen molar-refractivity contribution in [1.29, 1.82) is 0 Å². The third kappa shape index (κ3) is 3.54. The highest BCUT2D eigenvalue weighted by Gasteiger charge is 2.26. The molecule has 32 heavy (non-hydrogen) atoms. The average Bonchev–Trinajstić information content (AvgIpc) is 3.15. The monoisotopic (exact) mass is 458 g/mol. The first-order chi connectivity index (χ1) is 15.5. The zero-order chi connectivity index (χ0) is 22.2. The van der Waals surface area contributed by atoms with Crippen LogP contribution in [0.5, 0.6) is 0 Å². The van der Waals surface area contributed by atoms with E-state index in [1.54, 1.807) is 48.7 Å². The first-order valence-corrected chi connectivity index (χ1v) is 10.7. The summed E-state index contributed by atoms with van der Waals surface area (Å²) in [6.45, 7) is 0. The van der Waals surface area contributed by atoms with Gasteiger partial charge in [-0.1, -0.05) is 41.4 Å². The molecule has 0 aliphatic rings. The highest BCUT2D eigenvalue weighted by Crippen LogP contribution is 2.41. The van der Waals surface area contributed by atoms with Gasteiger partial charge in [0.05, 0.1) is 5.52 Å². The first-order valence-electron chi connectivity index (χ1n) is 9.91. The van der Waals surface area contributed by atoms with Crippen LogP contribution in [-0.4, -0.2) is 15.2 Å². The molecule has 3 heterocycles. The van der Waals surface area contributed by atoms with E-state index < -0.39 is 0 Å². The Labute approximate surface area is 193 Å². The van der Waals surface area contributed by atoms with Crippen molar-refractivity contribution in [2.75, 3.05) is 0 Å². The third-order valence-electron chi connectivity index (χ3n) is 5.37. The Morgan fingerprint density at radius 3 is 2.06 bits per heavy atom. The van der Waals surface area contributed by atoms with Gasteiger partial charge < -0.3 is 9.38 Å². The number of aromatic amines is 1. The number of carbonyl (C=O) groups excluding carboxylic acids is 1. The molecule has 5 aromatic rings. The largest absolute Gasteiger partial charge is 0.328 e. The van der Waals surface area contributed by atoms with Crippen molar-refractivity contribution in [2.45, 2.75) is 0 Å². The van der Waals surface area contributed by atoms with E-state index in [1.807, 2.05) is 40.9 Å². The highest BCUT2D eigenvalue weighted by molar-refractivity contribution is 6.31. The van der Waals surface area contributed by atoms with Crippen LogP contribution in [0, 0.1) is 0 Å². The van der Waals surface area contributed by atoms with Crippen LogP contribution in [0.25, 0.3) is 27.8 Å². The summed E-state index contributed by atoms with van der Waals surface area (Å²) >= 11 is 12.2. The van der Waals surface area contributed by atoms with Crippen LogP contribution in [0.3, 0.4) is 0 Å². The van der Waals surface area contributed by atoms with E-state index >= 15 is 0 Å². The van der Waals surface area contributed by atoms with Gasteiger partial charge in [0.15, 0.2) is 0 Å². The minimum atomic E-state index is -0.192. The number of nitrogens with one attached hydrogen (secondary N) is 1. The number of fused-ring (bicyclic) bond motifs is 1. The second-order valence-electron chi connectivity index (χ2n) is 7.34. The van der Waals surface area contributed by atoms with E-state index in [4.69, 9.17) is 23.2 Å². The van der Waals surface area contributed by atoms with Gasteiger partial charge in [-0.2, -0.15) is 0 Å². The number of pyridine rings is 2. The predicted molar refractivity (Wildman–Crippen MR) is 129 cm³/mol. The van der Waals surface area contributed by atoms with E-state index in [-0.39, 0.29) is 11.3 Å². The van der Waals surface area contributed by atoms with Gasteiger partial charge in [0.1, 0.15) is 5.69 Å². The maximum atomic E-state index is 13.8. The van der Waals surface area contributed by atoms with Crippen LogP contribution in [0.15, 0.2) is 96.1 Å². The first kappa shape index (κ1) is 20.3. The number of aromatic nitrogens is 2. The maximum Gasteiger partial charge on any atom is 0.247 e. The lowest BCUT2D eigenvalue weighted by molar-refractivity contribution is 0.103. The molecule has 0 atom stereocenters. The van der Waals surface area contributed by atoms with Crippen molar-refractivity contribution in [3.8, 4) is 22.3 Å². The van der Waals surface area contributed by atoms with E-state index in [9.17, 15) is 9.59 Å². The molecule has 0 aliphatic heterocycles. The molecule has 0 fully saturated rings. The molecule has 2 aromatic carbocycles. The summed E-state index contributed by atoms with van der Waals surface area (Å²) < 4.78 is 1.89. The van der Waals surface area contributed by atoms with Gasteiger partial charge in [-0.3, -0.25) is 9.59 Å². The number of H-pyrrole nitrogens is 1. The highest BCUT2D eigenvalue weighted by atomic mass is 35.5. The van der Waals surface area contributed by atoms with Gasteiger partial charge in [-0.25, -0.2) is 0 Å². The van der Waals surface area contributed by atoms with Gasteiger partial charge in [-0.15, -0.1) is 0 Å². The molecule has 3 aromatic heterocycles. The van der Waals surface area contributed by atoms with Crippen LogP contribution in [0.1, 0.15) is 16.1 Å². The van der Waals surface area contributed by atoms with Gasteiger partial charge in [0.2, 0.25) is 11.3 Å².